The largest absolute Gasteiger partial charge is 0.339 e. The SMILES string of the molecule is O=C(CN1C(=O)CSc2cccn2-c2ccccc21)N1CCN(Cc2ccccc2)CC1. The van der Waals surface area contributed by atoms with Gasteiger partial charge in [0.1, 0.15) is 6.54 Å². The minimum atomic E-state index is -0.0361. The van der Waals surface area contributed by atoms with Gasteiger partial charge in [-0.3, -0.25) is 14.5 Å². The van der Waals surface area contributed by atoms with Crippen LogP contribution in [0.3, 0.4) is 0 Å². The van der Waals surface area contributed by atoms with Crippen molar-refractivity contribution in [3.05, 3.63) is 78.5 Å². The van der Waals surface area contributed by atoms with E-state index in [1.54, 1.807) is 4.90 Å². The molecule has 2 aromatic carbocycles. The molecule has 0 saturated carbocycles. The molecule has 0 aliphatic carbocycles. The second-order valence-electron chi connectivity index (χ2n) is 8.12. The molecule has 6 nitrogen and oxygen atoms in total. The molecule has 3 aromatic rings. The smallest absolute Gasteiger partial charge is 0.242 e. The summed E-state index contributed by atoms with van der Waals surface area (Å²) in [6, 6.07) is 22.2. The number of fused-ring (bicyclic) bond motifs is 3. The summed E-state index contributed by atoms with van der Waals surface area (Å²) in [7, 11) is 0. The number of nitrogens with zero attached hydrogens (tertiary/aromatic N) is 4. The average Bonchev–Trinajstić information content (AvgIpc) is 3.29. The lowest BCUT2D eigenvalue weighted by Gasteiger charge is -2.36. The lowest BCUT2D eigenvalue weighted by Crippen LogP contribution is -2.52. The fraction of sp³-hybridized carbons (Fsp3) is 0.280. The second-order valence-corrected chi connectivity index (χ2v) is 9.11. The predicted molar refractivity (Wildman–Crippen MR) is 127 cm³/mol. The van der Waals surface area contributed by atoms with Crippen molar-refractivity contribution in [2.24, 2.45) is 0 Å². The molecule has 0 unspecified atom stereocenters. The molecule has 2 aliphatic rings. The van der Waals surface area contributed by atoms with Crippen LogP contribution in [0, 0.1) is 0 Å². The number of carbonyl (C=O) groups excluding carboxylic acids is 2. The van der Waals surface area contributed by atoms with Gasteiger partial charge in [0.25, 0.3) is 0 Å². The Balaban J connectivity index is 1.28. The molecule has 164 valence electrons. The first-order valence-corrected chi connectivity index (χ1v) is 11.9. The fourth-order valence-corrected chi connectivity index (χ4v) is 5.23. The fourth-order valence-electron chi connectivity index (χ4n) is 4.33. The molecule has 2 aliphatic heterocycles. The summed E-state index contributed by atoms with van der Waals surface area (Å²) in [6.45, 7) is 4.03. The molecule has 0 atom stereocenters. The van der Waals surface area contributed by atoms with Crippen molar-refractivity contribution in [2.45, 2.75) is 11.6 Å². The lowest BCUT2D eigenvalue weighted by atomic mass is 10.2. The molecule has 0 N–H and O–H groups in total. The van der Waals surface area contributed by atoms with Crippen LogP contribution in [0.5, 0.6) is 0 Å². The van der Waals surface area contributed by atoms with Crippen molar-refractivity contribution in [2.75, 3.05) is 43.4 Å². The summed E-state index contributed by atoms with van der Waals surface area (Å²) in [5.74, 6) is 0.285. The van der Waals surface area contributed by atoms with Gasteiger partial charge in [0.2, 0.25) is 11.8 Å². The van der Waals surface area contributed by atoms with E-state index >= 15 is 0 Å². The maximum absolute atomic E-state index is 13.2. The monoisotopic (exact) mass is 446 g/mol. The normalized spacial score (nSPS) is 16.8. The zero-order valence-corrected chi connectivity index (χ0v) is 18.7. The molecule has 0 spiro atoms. The quantitative estimate of drug-likeness (QED) is 0.617. The maximum atomic E-state index is 13.2. The van der Waals surface area contributed by atoms with Gasteiger partial charge in [-0.2, -0.15) is 0 Å². The van der Waals surface area contributed by atoms with Crippen LogP contribution in [0.2, 0.25) is 0 Å². The lowest BCUT2D eigenvalue weighted by molar-refractivity contribution is -0.132. The summed E-state index contributed by atoms with van der Waals surface area (Å²) in [5.41, 5.74) is 3.00. The Morgan fingerprint density at radius 1 is 0.844 bits per heavy atom. The topological polar surface area (TPSA) is 48.8 Å². The van der Waals surface area contributed by atoms with E-state index in [0.29, 0.717) is 18.8 Å². The van der Waals surface area contributed by atoms with Gasteiger partial charge in [0, 0.05) is 38.9 Å². The molecule has 32 heavy (non-hydrogen) atoms. The number of amides is 2. The summed E-state index contributed by atoms with van der Waals surface area (Å²) < 4.78 is 2.09. The number of para-hydroxylation sites is 2. The summed E-state index contributed by atoms with van der Waals surface area (Å²) in [5, 5.41) is 1.03. The van der Waals surface area contributed by atoms with Crippen molar-refractivity contribution >= 4 is 29.3 Å². The number of thioether (sulfide) groups is 1. The minimum absolute atomic E-state index is 0.00539. The van der Waals surface area contributed by atoms with Crippen molar-refractivity contribution in [1.82, 2.24) is 14.4 Å². The highest BCUT2D eigenvalue weighted by molar-refractivity contribution is 7.99. The first-order valence-electron chi connectivity index (χ1n) is 10.9. The third-order valence-corrected chi connectivity index (χ3v) is 7.08. The van der Waals surface area contributed by atoms with E-state index in [1.165, 1.54) is 17.3 Å². The Morgan fingerprint density at radius 3 is 2.34 bits per heavy atom. The van der Waals surface area contributed by atoms with E-state index in [2.05, 4.69) is 33.7 Å². The van der Waals surface area contributed by atoms with Crippen molar-refractivity contribution in [3.63, 3.8) is 0 Å². The molecule has 0 bridgehead atoms. The van der Waals surface area contributed by atoms with Crippen LogP contribution in [0.15, 0.2) is 78.0 Å². The van der Waals surface area contributed by atoms with Gasteiger partial charge in [0.15, 0.2) is 0 Å². The van der Waals surface area contributed by atoms with Gasteiger partial charge in [0.05, 0.1) is 22.2 Å². The van der Waals surface area contributed by atoms with Crippen LogP contribution in [0.1, 0.15) is 5.56 Å². The number of hydrogen-bond acceptors (Lipinski definition) is 4. The van der Waals surface area contributed by atoms with E-state index in [1.807, 2.05) is 53.6 Å². The van der Waals surface area contributed by atoms with Crippen LogP contribution in [0.4, 0.5) is 5.69 Å². The first-order chi connectivity index (χ1) is 15.7. The van der Waals surface area contributed by atoms with E-state index in [9.17, 15) is 9.59 Å². The van der Waals surface area contributed by atoms with Gasteiger partial charge >= 0.3 is 0 Å². The number of anilines is 1. The van der Waals surface area contributed by atoms with Crippen molar-refractivity contribution in [3.8, 4) is 5.69 Å². The van der Waals surface area contributed by atoms with Crippen LogP contribution >= 0.6 is 11.8 Å². The Morgan fingerprint density at radius 2 is 1.56 bits per heavy atom. The number of benzene rings is 2. The number of rotatable bonds is 4. The first kappa shape index (κ1) is 20.8. The summed E-state index contributed by atoms with van der Waals surface area (Å²) >= 11 is 1.51. The van der Waals surface area contributed by atoms with Gasteiger partial charge in [-0.15, -0.1) is 0 Å². The zero-order chi connectivity index (χ0) is 21.9. The van der Waals surface area contributed by atoms with E-state index in [-0.39, 0.29) is 18.4 Å². The molecule has 5 rings (SSSR count). The molecule has 0 radical (unpaired) electrons. The van der Waals surface area contributed by atoms with E-state index < -0.39 is 0 Å². The van der Waals surface area contributed by atoms with E-state index in [0.717, 1.165) is 36.0 Å². The summed E-state index contributed by atoms with van der Waals surface area (Å²) in [4.78, 5) is 32.2. The van der Waals surface area contributed by atoms with Gasteiger partial charge in [-0.1, -0.05) is 54.2 Å². The van der Waals surface area contributed by atoms with Crippen LogP contribution in [-0.2, 0) is 16.1 Å². The Hall–Kier alpha value is -3.03. The summed E-state index contributed by atoms with van der Waals surface area (Å²) in [6.07, 6.45) is 2.00. The zero-order valence-electron chi connectivity index (χ0n) is 17.9. The molecule has 1 aromatic heterocycles. The number of piperazine rings is 1. The molecule has 1 fully saturated rings. The van der Waals surface area contributed by atoms with Gasteiger partial charge in [-0.05, 0) is 29.8 Å². The van der Waals surface area contributed by atoms with E-state index in [4.69, 9.17) is 0 Å². The molecular formula is C25H26N4O2S. The molecular weight excluding hydrogens is 420 g/mol. The highest BCUT2D eigenvalue weighted by Crippen LogP contribution is 2.33. The molecule has 1 saturated heterocycles. The minimum Gasteiger partial charge on any atom is -0.339 e. The number of aromatic nitrogens is 1. The Kier molecular flexibility index (Phi) is 6.01. The Labute approximate surface area is 192 Å². The second kappa shape index (κ2) is 9.22. The Bertz CT molecular complexity index is 1110. The van der Waals surface area contributed by atoms with Crippen molar-refractivity contribution < 1.29 is 9.59 Å². The third kappa shape index (κ3) is 4.31. The highest BCUT2D eigenvalue weighted by Gasteiger charge is 2.28. The molecule has 3 heterocycles. The predicted octanol–water partition coefficient (Wildman–Crippen LogP) is 3.26. The average molecular weight is 447 g/mol. The number of carbonyl (C=O) groups is 2. The van der Waals surface area contributed by atoms with Crippen LogP contribution < -0.4 is 4.90 Å². The van der Waals surface area contributed by atoms with Crippen molar-refractivity contribution in [1.29, 1.82) is 0 Å². The maximum Gasteiger partial charge on any atom is 0.242 e. The standard InChI is InChI=1S/C25H26N4O2S/c30-23(27-15-13-26(14-16-27)17-20-7-2-1-3-8-20)18-29-22-10-5-4-9-21(22)28-12-6-11-25(28)32-19-24(29)31/h1-12H,13-19H2. The van der Waals surface area contributed by atoms with Gasteiger partial charge < -0.3 is 14.4 Å². The number of hydrogen-bond donors (Lipinski definition) is 0. The third-order valence-electron chi connectivity index (χ3n) is 6.06. The molecule has 2 amide bonds. The van der Waals surface area contributed by atoms with Gasteiger partial charge in [-0.25, -0.2) is 0 Å². The van der Waals surface area contributed by atoms with Crippen LogP contribution in [-0.4, -0.2) is 64.7 Å². The van der Waals surface area contributed by atoms with Crippen LogP contribution in [0.25, 0.3) is 5.69 Å². The molecule has 7 heteroatoms. The highest BCUT2D eigenvalue weighted by atomic mass is 32.2.